The zero-order chi connectivity index (χ0) is 29.2. The van der Waals surface area contributed by atoms with Crippen molar-refractivity contribution in [2.45, 2.75) is 39.9 Å². The molecule has 0 unspecified atom stereocenters. The van der Waals surface area contributed by atoms with E-state index in [4.69, 9.17) is 18.5 Å². The van der Waals surface area contributed by atoms with Crippen LogP contribution in [-0.2, 0) is 39.7 Å². The fraction of sp³-hybridized carbons (Fsp3) is 0.212. The minimum absolute atomic E-state index is 0.100. The fourth-order valence-electron chi connectivity index (χ4n) is 4.22. The SMILES string of the molecule is CCc1ccccc1C(=O)Oc1ccccc1COP(C)(=O)OCc1ccccc1OC(=O)c1ccccc1CC. The first-order valence-electron chi connectivity index (χ1n) is 13.4. The predicted molar refractivity (Wildman–Crippen MR) is 158 cm³/mol. The lowest BCUT2D eigenvalue weighted by Crippen LogP contribution is -2.12. The molecule has 4 aromatic carbocycles. The average molecular weight is 573 g/mol. The highest BCUT2D eigenvalue weighted by molar-refractivity contribution is 7.52. The van der Waals surface area contributed by atoms with Crippen LogP contribution in [0.5, 0.6) is 11.5 Å². The van der Waals surface area contributed by atoms with E-state index in [9.17, 15) is 14.2 Å². The van der Waals surface area contributed by atoms with Crippen LogP contribution in [-0.4, -0.2) is 18.6 Å². The van der Waals surface area contributed by atoms with E-state index >= 15 is 0 Å². The van der Waals surface area contributed by atoms with E-state index in [0.717, 1.165) is 11.1 Å². The van der Waals surface area contributed by atoms with Crippen LogP contribution in [0.15, 0.2) is 97.1 Å². The third kappa shape index (κ3) is 8.01. The molecule has 0 atom stereocenters. The Morgan fingerprint density at radius 1 is 0.561 bits per heavy atom. The summed E-state index contributed by atoms with van der Waals surface area (Å²) >= 11 is 0. The van der Waals surface area contributed by atoms with Crippen molar-refractivity contribution in [2.75, 3.05) is 6.66 Å². The summed E-state index contributed by atoms with van der Waals surface area (Å²) < 4.78 is 35.9. The van der Waals surface area contributed by atoms with Crippen molar-refractivity contribution in [1.29, 1.82) is 0 Å². The van der Waals surface area contributed by atoms with Crippen LogP contribution in [0, 0.1) is 0 Å². The van der Waals surface area contributed by atoms with Crippen molar-refractivity contribution in [3.8, 4) is 11.5 Å². The lowest BCUT2D eigenvalue weighted by Gasteiger charge is -2.17. The van der Waals surface area contributed by atoms with E-state index < -0.39 is 19.5 Å². The largest absolute Gasteiger partial charge is 0.423 e. The van der Waals surface area contributed by atoms with Gasteiger partial charge in [0.15, 0.2) is 0 Å². The van der Waals surface area contributed by atoms with E-state index in [1.54, 1.807) is 72.8 Å². The van der Waals surface area contributed by atoms with E-state index in [1.165, 1.54) is 6.66 Å². The minimum atomic E-state index is -3.55. The number of aryl methyl sites for hydroxylation is 2. The van der Waals surface area contributed by atoms with Gasteiger partial charge in [-0.2, -0.15) is 0 Å². The Kier molecular flexibility index (Phi) is 10.3. The molecule has 212 valence electrons. The Morgan fingerprint density at radius 2 is 0.902 bits per heavy atom. The van der Waals surface area contributed by atoms with Gasteiger partial charge in [-0.05, 0) is 48.2 Å². The molecule has 0 amide bonds. The molecular weight excluding hydrogens is 539 g/mol. The number of benzene rings is 4. The number of hydrogen-bond donors (Lipinski definition) is 0. The van der Waals surface area contributed by atoms with Gasteiger partial charge in [-0.25, -0.2) is 9.59 Å². The highest BCUT2D eigenvalue weighted by Gasteiger charge is 2.22. The van der Waals surface area contributed by atoms with Gasteiger partial charge >= 0.3 is 19.5 Å². The molecule has 0 aromatic heterocycles. The lowest BCUT2D eigenvalue weighted by molar-refractivity contribution is 0.0721. The molecule has 0 aliphatic heterocycles. The Morgan fingerprint density at radius 3 is 1.29 bits per heavy atom. The van der Waals surface area contributed by atoms with Crippen molar-refractivity contribution in [2.24, 2.45) is 0 Å². The van der Waals surface area contributed by atoms with E-state index in [2.05, 4.69) is 0 Å². The molecule has 0 bridgehead atoms. The molecule has 4 aromatic rings. The molecule has 0 saturated carbocycles. The molecule has 0 aliphatic rings. The molecule has 0 spiro atoms. The summed E-state index contributed by atoms with van der Waals surface area (Å²) in [5.41, 5.74) is 3.85. The van der Waals surface area contributed by atoms with Crippen LogP contribution < -0.4 is 9.47 Å². The fourth-order valence-corrected chi connectivity index (χ4v) is 5.04. The van der Waals surface area contributed by atoms with E-state index in [-0.39, 0.29) is 13.2 Å². The molecule has 4 rings (SSSR count). The monoisotopic (exact) mass is 572 g/mol. The first-order valence-corrected chi connectivity index (χ1v) is 15.4. The van der Waals surface area contributed by atoms with Crippen LogP contribution >= 0.6 is 7.60 Å². The maximum absolute atomic E-state index is 13.2. The summed E-state index contributed by atoms with van der Waals surface area (Å²) in [6.07, 6.45) is 1.39. The molecule has 0 fully saturated rings. The third-order valence-corrected chi connectivity index (χ3v) is 7.69. The van der Waals surface area contributed by atoms with E-state index in [1.807, 2.05) is 38.1 Å². The van der Waals surface area contributed by atoms with Gasteiger partial charge in [-0.3, -0.25) is 4.57 Å². The predicted octanol–water partition coefficient (Wildman–Crippen LogP) is 7.81. The molecule has 0 saturated heterocycles. The summed E-state index contributed by atoms with van der Waals surface area (Å²) in [7, 11) is -3.55. The number of carbonyl (C=O) groups is 2. The number of rotatable bonds is 12. The van der Waals surface area contributed by atoms with Gasteiger partial charge < -0.3 is 18.5 Å². The first kappa shape index (κ1) is 29.9. The van der Waals surface area contributed by atoms with Gasteiger partial charge in [0.25, 0.3) is 0 Å². The lowest BCUT2D eigenvalue weighted by atomic mass is 10.1. The zero-order valence-electron chi connectivity index (χ0n) is 23.4. The third-order valence-electron chi connectivity index (χ3n) is 6.50. The summed E-state index contributed by atoms with van der Waals surface area (Å²) in [6.45, 7) is 5.11. The average Bonchev–Trinajstić information content (AvgIpc) is 3.00. The normalized spacial score (nSPS) is 11.2. The number of esters is 2. The van der Waals surface area contributed by atoms with Crippen LogP contribution in [0.2, 0.25) is 0 Å². The molecule has 7 nitrogen and oxygen atoms in total. The Bertz CT molecular complexity index is 1450. The highest BCUT2D eigenvalue weighted by atomic mass is 31.2. The number of ether oxygens (including phenoxy) is 2. The zero-order valence-corrected chi connectivity index (χ0v) is 24.3. The van der Waals surface area contributed by atoms with Gasteiger partial charge in [0, 0.05) is 17.8 Å². The van der Waals surface area contributed by atoms with Crippen molar-refractivity contribution in [3.63, 3.8) is 0 Å². The van der Waals surface area contributed by atoms with Crippen LogP contribution in [0.25, 0.3) is 0 Å². The molecule has 41 heavy (non-hydrogen) atoms. The van der Waals surface area contributed by atoms with Gasteiger partial charge in [0.05, 0.1) is 24.3 Å². The van der Waals surface area contributed by atoms with Crippen LogP contribution in [0.1, 0.15) is 56.8 Å². The molecule has 0 radical (unpaired) electrons. The van der Waals surface area contributed by atoms with Crippen molar-refractivity contribution >= 4 is 19.5 Å². The molecule has 0 N–H and O–H groups in total. The summed E-state index contributed by atoms with van der Waals surface area (Å²) in [5.74, 6) is -0.321. The van der Waals surface area contributed by atoms with Crippen molar-refractivity contribution in [1.82, 2.24) is 0 Å². The maximum Gasteiger partial charge on any atom is 0.343 e. The van der Waals surface area contributed by atoms with Crippen molar-refractivity contribution < 1.29 is 32.7 Å². The van der Waals surface area contributed by atoms with Crippen molar-refractivity contribution in [3.05, 3.63) is 130 Å². The molecule has 0 heterocycles. The van der Waals surface area contributed by atoms with Gasteiger partial charge in [0.1, 0.15) is 11.5 Å². The first-order chi connectivity index (χ1) is 19.8. The molecule has 0 aliphatic carbocycles. The number of carbonyl (C=O) groups excluding carboxylic acids is 2. The van der Waals surface area contributed by atoms with E-state index in [0.29, 0.717) is 46.6 Å². The summed E-state index contributed by atoms with van der Waals surface area (Å²) in [6, 6.07) is 28.4. The molecular formula is C33H33O7P. The van der Waals surface area contributed by atoms with Gasteiger partial charge in [0.2, 0.25) is 0 Å². The van der Waals surface area contributed by atoms with Gasteiger partial charge in [-0.1, -0.05) is 86.6 Å². The van der Waals surface area contributed by atoms with Crippen LogP contribution in [0.3, 0.4) is 0 Å². The highest BCUT2D eigenvalue weighted by Crippen LogP contribution is 2.46. The topological polar surface area (TPSA) is 88.1 Å². The quantitative estimate of drug-likeness (QED) is 0.0972. The Hall–Kier alpha value is -4.03. The summed E-state index contributed by atoms with van der Waals surface area (Å²) in [5, 5.41) is 0. The number of hydrogen-bond acceptors (Lipinski definition) is 7. The van der Waals surface area contributed by atoms with Crippen LogP contribution in [0.4, 0.5) is 0 Å². The second-order valence-electron chi connectivity index (χ2n) is 9.33. The second-order valence-corrected chi connectivity index (χ2v) is 11.4. The smallest absolute Gasteiger partial charge is 0.343 e. The Balaban J connectivity index is 1.39. The number of para-hydroxylation sites is 2. The minimum Gasteiger partial charge on any atom is -0.423 e. The Labute approximate surface area is 240 Å². The standard InChI is InChI=1S/C33H33O7P/c1-4-24-14-6-10-18-28(24)32(34)39-30-20-12-8-16-26(30)22-37-41(3,36)38-23-27-17-9-13-21-31(27)40-33(35)29-19-11-7-15-25(29)5-2/h6-21H,4-5,22-23H2,1-3H3. The summed E-state index contributed by atoms with van der Waals surface area (Å²) in [4.78, 5) is 25.7. The second kappa shape index (κ2) is 14.0. The van der Waals surface area contributed by atoms with Gasteiger partial charge in [-0.15, -0.1) is 0 Å². The molecule has 8 heteroatoms. The maximum atomic E-state index is 13.2.